The zero-order valence-corrected chi connectivity index (χ0v) is 11.1. The van der Waals surface area contributed by atoms with Gasteiger partial charge >= 0.3 is 5.97 Å². The predicted octanol–water partition coefficient (Wildman–Crippen LogP) is 2.53. The van der Waals surface area contributed by atoms with E-state index in [2.05, 4.69) is 0 Å². The molecule has 0 aromatic heterocycles. The van der Waals surface area contributed by atoms with E-state index in [4.69, 9.17) is 14.6 Å². The smallest absolute Gasteiger partial charge is 0.341 e. The number of benzene rings is 1. The largest absolute Gasteiger partial charge is 0.493 e. The number of aliphatic carboxylic acids is 1. The standard InChI is InChI=1S/C14H18O5/c1-3-4-5-11(15)10-6-7-12(13(8-10)18-2)19-9-14(16)17/h6-8H,3-5,9H2,1-2H3,(H,16,17). The monoisotopic (exact) mass is 266 g/mol. The molecule has 1 aromatic carbocycles. The molecule has 1 aromatic rings. The molecule has 5 nitrogen and oxygen atoms in total. The van der Waals surface area contributed by atoms with E-state index in [1.165, 1.54) is 7.11 Å². The zero-order valence-electron chi connectivity index (χ0n) is 11.1. The first-order chi connectivity index (χ1) is 9.08. The number of carboxylic acid groups (broad SMARTS) is 1. The van der Waals surface area contributed by atoms with Gasteiger partial charge in [0.2, 0.25) is 0 Å². The lowest BCUT2D eigenvalue weighted by molar-refractivity contribution is -0.139. The molecule has 0 amide bonds. The molecule has 0 aliphatic heterocycles. The summed E-state index contributed by atoms with van der Waals surface area (Å²) < 4.78 is 10.2. The van der Waals surface area contributed by atoms with Crippen LogP contribution in [0, 0.1) is 0 Å². The SMILES string of the molecule is CCCCC(=O)c1ccc(OCC(=O)O)c(OC)c1. The molecule has 0 spiro atoms. The zero-order chi connectivity index (χ0) is 14.3. The molecule has 1 rings (SSSR count). The fraction of sp³-hybridized carbons (Fsp3) is 0.429. The summed E-state index contributed by atoms with van der Waals surface area (Å²) in [4.78, 5) is 22.3. The number of rotatable bonds is 8. The van der Waals surface area contributed by atoms with Crippen LogP contribution in [-0.2, 0) is 4.79 Å². The lowest BCUT2D eigenvalue weighted by Crippen LogP contribution is -2.10. The Bertz CT molecular complexity index is 453. The van der Waals surface area contributed by atoms with Crippen molar-refractivity contribution in [2.24, 2.45) is 0 Å². The molecule has 0 saturated heterocycles. The Hall–Kier alpha value is -2.04. The number of carbonyl (C=O) groups is 2. The summed E-state index contributed by atoms with van der Waals surface area (Å²) in [5.41, 5.74) is 0.549. The molecule has 5 heteroatoms. The molecule has 104 valence electrons. The molecular weight excluding hydrogens is 248 g/mol. The van der Waals surface area contributed by atoms with E-state index in [9.17, 15) is 9.59 Å². The Labute approximate surface area is 112 Å². The number of hydrogen-bond donors (Lipinski definition) is 1. The molecule has 0 atom stereocenters. The quantitative estimate of drug-likeness (QED) is 0.732. The second kappa shape index (κ2) is 7.41. The molecule has 0 heterocycles. The maximum atomic E-state index is 11.9. The summed E-state index contributed by atoms with van der Waals surface area (Å²) in [5.74, 6) is -0.337. The lowest BCUT2D eigenvalue weighted by Gasteiger charge is -2.10. The van der Waals surface area contributed by atoms with E-state index in [-0.39, 0.29) is 5.78 Å². The molecule has 0 unspecified atom stereocenters. The van der Waals surface area contributed by atoms with E-state index >= 15 is 0 Å². The minimum atomic E-state index is -1.06. The summed E-state index contributed by atoms with van der Waals surface area (Å²) in [6, 6.07) is 4.76. The van der Waals surface area contributed by atoms with Crippen LogP contribution in [0.3, 0.4) is 0 Å². The minimum absolute atomic E-state index is 0.0462. The van der Waals surface area contributed by atoms with Crippen LogP contribution in [-0.4, -0.2) is 30.6 Å². The van der Waals surface area contributed by atoms with Gasteiger partial charge in [0.05, 0.1) is 7.11 Å². The molecule has 19 heavy (non-hydrogen) atoms. The number of ketones is 1. The van der Waals surface area contributed by atoms with Crippen LogP contribution < -0.4 is 9.47 Å². The van der Waals surface area contributed by atoms with Crippen LogP contribution >= 0.6 is 0 Å². The Morgan fingerprint density at radius 1 is 1.26 bits per heavy atom. The Kier molecular flexibility index (Phi) is 5.85. The number of unbranched alkanes of at least 4 members (excludes halogenated alkanes) is 1. The minimum Gasteiger partial charge on any atom is -0.493 e. The first-order valence-corrected chi connectivity index (χ1v) is 6.14. The van der Waals surface area contributed by atoms with E-state index in [1.807, 2.05) is 6.92 Å². The number of ether oxygens (including phenoxy) is 2. The molecule has 0 saturated carbocycles. The predicted molar refractivity (Wildman–Crippen MR) is 70.0 cm³/mol. The summed E-state index contributed by atoms with van der Waals surface area (Å²) in [6.07, 6.45) is 2.30. The van der Waals surface area contributed by atoms with Gasteiger partial charge in [-0.05, 0) is 24.6 Å². The first-order valence-electron chi connectivity index (χ1n) is 6.14. The highest BCUT2D eigenvalue weighted by molar-refractivity contribution is 5.96. The van der Waals surface area contributed by atoms with Crippen LogP contribution in [0.25, 0.3) is 0 Å². The van der Waals surface area contributed by atoms with Gasteiger partial charge < -0.3 is 14.6 Å². The van der Waals surface area contributed by atoms with Gasteiger partial charge in [-0.1, -0.05) is 13.3 Å². The fourth-order valence-electron chi connectivity index (χ4n) is 1.58. The van der Waals surface area contributed by atoms with Gasteiger partial charge in [-0.15, -0.1) is 0 Å². The number of carbonyl (C=O) groups excluding carboxylic acids is 1. The van der Waals surface area contributed by atoms with Crippen molar-refractivity contribution in [2.45, 2.75) is 26.2 Å². The second-order valence-electron chi connectivity index (χ2n) is 4.07. The third-order valence-electron chi connectivity index (χ3n) is 2.59. The van der Waals surface area contributed by atoms with Crippen LogP contribution in [0.5, 0.6) is 11.5 Å². The molecule has 0 bridgehead atoms. The molecule has 0 radical (unpaired) electrons. The third kappa shape index (κ3) is 4.62. The van der Waals surface area contributed by atoms with E-state index in [0.717, 1.165) is 12.8 Å². The number of methoxy groups -OCH3 is 1. The van der Waals surface area contributed by atoms with Gasteiger partial charge in [0.15, 0.2) is 23.9 Å². The van der Waals surface area contributed by atoms with Gasteiger partial charge in [0, 0.05) is 12.0 Å². The highest BCUT2D eigenvalue weighted by Gasteiger charge is 2.11. The molecule has 0 fully saturated rings. The van der Waals surface area contributed by atoms with E-state index in [1.54, 1.807) is 18.2 Å². The van der Waals surface area contributed by atoms with Crippen molar-refractivity contribution in [3.63, 3.8) is 0 Å². The Balaban J connectivity index is 2.82. The Morgan fingerprint density at radius 2 is 2.00 bits per heavy atom. The van der Waals surface area contributed by atoms with Crippen LogP contribution in [0.2, 0.25) is 0 Å². The Morgan fingerprint density at radius 3 is 2.58 bits per heavy atom. The maximum absolute atomic E-state index is 11.9. The summed E-state index contributed by atoms with van der Waals surface area (Å²) in [7, 11) is 1.45. The fourth-order valence-corrected chi connectivity index (χ4v) is 1.58. The average molecular weight is 266 g/mol. The number of Topliss-reactive ketones (excluding diaryl/α,β-unsaturated/α-hetero) is 1. The van der Waals surface area contributed by atoms with Gasteiger partial charge in [0.25, 0.3) is 0 Å². The first kappa shape index (κ1) is 15.0. The molecule has 0 aliphatic carbocycles. The highest BCUT2D eigenvalue weighted by atomic mass is 16.5. The van der Waals surface area contributed by atoms with E-state index in [0.29, 0.717) is 23.5 Å². The normalized spacial score (nSPS) is 10.0. The van der Waals surface area contributed by atoms with Crippen LogP contribution in [0.4, 0.5) is 0 Å². The van der Waals surface area contributed by atoms with Gasteiger partial charge in [-0.3, -0.25) is 4.79 Å². The lowest BCUT2D eigenvalue weighted by atomic mass is 10.1. The topological polar surface area (TPSA) is 72.8 Å². The summed E-state index contributed by atoms with van der Waals surface area (Å²) in [6.45, 7) is 1.58. The second-order valence-corrected chi connectivity index (χ2v) is 4.07. The van der Waals surface area contributed by atoms with Crippen molar-refractivity contribution in [3.05, 3.63) is 23.8 Å². The molecular formula is C14H18O5. The van der Waals surface area contributed by atoms with Crippen molar-refractivity contribution in [2.75, 3.05) is 13.7 Å². The highest BCUT2D eigenvalue weighted by Crippen LogP contribution is 2.28. The summed E-state index contributed by atoms with van der Waals surface area (Å²) >= 11 is 0. The van der Waals surface area contributed by atoms with Gasteiger partial charge in [-0.2, -0.15) is 0 Å². The van der Waals surface area contributed by atoms with E-state index < -0.39 is 12.6 Å². The number of hydrogen-bond acceptors (Lipinski definition) is 4. The van der Waals surface area contributed by atoms with Crippen molar-refractivity contribution in [1.29, 1.82) is 0 Å². The van der Waals surface area contributed by atoms with Gasteiger partial charge in [-0.25, -0.2) is 4.79 Å². The van der Waals surface area contributed by atoms with Crippen LogP contribution in [0.15, 0.2) is 18.2 Å². The third-order valence-corrected chi connectivity index (χ3v) is 2.59. The molecule has 0 aliphatic rings. The van der Waals surface area contributed by atoms with Gasteiger partial charge in [0.1, 0.15) is 0 Å². The van der Waals surface area contributed by atoms with Crippen molar-refractivity contribution >= 4 is 11.8 Å². The van der Waals surface area contributed by atoms with Crippen molar-refractivity contribution in [3.8, 4) is 11.5 Å². The average Bonchev–Trinajstić information content (AvgIpc) is 2.42. The molecule has 1 N–H and O–H groups in total. The van der Waals surface area contributed by atoms with Crippen molar-refractivity contribution in [1.82, 2.24) is 0 Å². The van der Waals surface area contributed by atoms with Crippen molar-refractivity contribution < 1.29 is 24.2 Å². The summed E-state index contributed by atoms with van der Waals surface area (Å²) in [5, 5.41) is 8.56. The maximum Gasteiger partial charge on any atom is 0.341 e. The number of carboxylic acids is 1. The van der Waals surface area contributed by atoms with Crippen LogP contribution in [0.1, 0.15) is 36.5 Å².